The maximum atomic E-state index is 13.4. The Bertz CT molecular complexity index is 2760. The molecule has 320 valence electrons. The molecule has 6 aromatic carbocycles. The number of hydrogen-bond acceptors (Lipinski definition) is 16. The first kappa shape index (κ1) is 42.6. The number of methoxy groups -OCH3 is 6. The molecule has 16 heteroatoms. The summed E-state index contributed by atoms with van der Waals surface area (Å²) in [5.41, 5.74) is 0.286. The van der Waals surface area contributed by atoms with Crippen molar-refractivity contribution < 1.29 is 71.0 Å². The van der Waals surface area contributed by atoms with E-state index in [1.54, 1.807) is 0 Å². The van der Waals surface area contributed by atoms with Gasteiger partial charge in [0, 0.05) is 36.4 Å². The van der Waals surface area contributed by atoms with Gasteiger partial charge in [0.15, 0.2) is 23.0 Å². The highest BCUT2D eigenvalue weighted by Gasteiger charge is 2.22. The third kappa shape index (κ3) is 9.00. The summed E-state index contributed by atoms with van der Waals surface area (Å²) in [6.07, 6.45) is 0. The fourth-order valence-electron chi connectivity index (χ4n) is 6.29. The SMILES string of the molecule is COc1cc(OC)c(C(=O)Oc2ccc(C(=O)Oc3ccc4c(=O)c5ccc(OC(=O)c6ccc(OC(=O)c7cc(OC)c(OC)cc7OC)cc6)cc5oc4c3)cc2)cc1OC. The van der Waals surface area contributed by atoms with Gasteiger partial charge in [-0.25, -0.2) is 19.2 Å². The summed E-state index contributed by atoms with van der Waals surface area (Å²) < 4.78 is 59.9. The van der Waals surface area contributed by atoms with Crippen molar-refractivity contribution >= 4 is 45.8 Å². The van der Waals surface area contributed by atoms with Crippen LogP contribution in [-0.4, -0.2) is 66.5 Å². The molecule has 0 fully saturated rings. The first-order valence-electron chi connectivity index (χ1n) is 18.7. The molecule has 0 unspecified atom stereocenters. The second-order valence-corrected chi connectivity index (χ2v) is 13.2. The van der Waals surface area contributed by atoms with Gasteiger partial charge in [-0.15, -0.1) is 0 Å². The molecule has 0 aliphatic heterocycles. The van der Waals surface area contributed by atoms with Crippen molar-refractivity contribution in [1.29, 1.82) is 0 Å². The van der Waals surface area contributed by atoms with E-state index in [-0.39, 0.29) is 84.1 Å². The van der Waals surface area contributed by atoms with E-state index in [1.165, 1.54) is 152 Å². The number of carbonyl (C=O) groups is 4. The predicted molar refractivity (Wildman–Crippen MR) is 225 cm³/mol. The zero-order valence-corrected chi connectivity index (χ0v) is 34.4. The van der Waals surface area contributed by atoms with E-state index in [1.807, 2.05) is 0 Å². The highest BCUT2D eigenvalue weighted by atomic mass is 16.6. The van der Waals surface area contributed by atoms with Crippen molar-refractivity contribution in [2.45, 2.75) is 0 Å². The van der Waals surface area contributed by atoms with Crippen molar-refractivity contribution in [2.24, 2.45) is 0 Å². The minimum Gasteiger partial charge on any atom is -0.496 e. The van der Waals surface area contributed by atoms with Crippen LogP contribution in [0.25, 0.3) is 21.9 Å². The lowest BCUT2D eigenvalue weighted by Crippen LogP contribution is -2.12. The van der Waals surface area contributed by atoms with Gasteiger partial charge in [-0.2, -0.15) is 0 Å². The summed E-state index contributed by atoms with van der Waals surface area (Å²) in [5.74, 6) is -0.774. The number of ether oxygens (including phenoxy) is 10. The summed E-state index contributed by atoms with van der Waals surface area (Å²) in [6.45, 7) is 0. The third-order valence-electron chi connectivity index (χ3n) is 9.49. The molecule has 0 saturated carbocycles. The van der Waals surface area contributed by atoms with Crippen molar-refractivity contribution in [3.8, 4) is 57.5 Å². The van der Waals surface area contributed by atoms with Crippen LogP contribution < -0.4 is 52.8 Å². The quantitative estimate of drug-likeness (QED) is 0.0582. The number of rotatable bonds is 14. The lowest BCUT2D eigenvalue weighted by molar-refractivity contribution is 0.0717. The van der Waals surface area contributed by atoms with Crippen LogP contribution in [0, 0.1) is 0 Å². The Morgan fingerprint density at radius 3 is 1.03 bits per heavy atom. The van der Waals surface area contributed by atoms with E-state index < -0.39 is 23.9 Å². The van der Waals surface area contributed by atoms with Crippen LogP contribution in [0.3, 0.4) is 0 Å². The molecule has 0 spiro atoms. The lowest BCUT2D eigenvalue weighted by atomic mass is 10.1. The number of hydrogen-bond donors (Lipinski definition) is 0. The average Bonchev–Trinajstić information content (AvgIpc) is 3.30. The van der Waals surface area contributed by atoms with Crippen LogP contribution in [0.5, 0.6) is 57.5 Å². The van der Waals surface area contributed by atoms with Gasteiger partial charge in [0.1, 0.15) is 56.8 Å². The fourth-order valence-corrected chi connectivity index (χ4v) is 6.29. The van der Waals surface area contributed by atoms with Gasteiger partial charge < -0.3 is 51.8 Å². The minimum atomic E-state index is -0.740. The molecule has 1 heterocycles. The zero-order valence-electron chi connectivity index (χ0n) is 34.4. The Morgan fingerprint density at radius 1 is 0.365 bits per heavy atom. The van der Waals surface area contributed by atoms with Gasteiger partial charge >= 0.3 is 23.9 Å². The number of carbonyl (C=O) groups excluding carboxylic acids is 4. The van der Waals surface area contributed by atoms with E-state index in [9.17, 15) is 24.0 Å². The van der Waals surface area contributed by atoms with Crippen molar-refractivity contribution in [2.75, 3.05) is 42.7 Å². The molecule has 16 nitrogen and oxygen atoms in total. The van der Waals surface area contributed by atoms with E-state index in [0.29, 0.717) is 23.0 Å². The Morgan fingerprint density at radius 2 is 0.683 bits per heavy atom. The van der Waals surface area contributed by atoms with E-state index in [0.717, 1.165) is 0 Å². The second kappa shape index (κ2) is 18.4. The van der Waals surface area contributed by atoms with Crippen molar-refractivity contribution in [3.05, 3.63) is 142 Å². The molecular formula is C47H36O16. The molecule has 7 rings (SSSR count). The summed E-state index contributed by atoms with van der Waals surface area (Å²) in [4.78, 5) is 65.6. The van der Waals surface area contributed by atoms with Gasteiger partial charge in [-0.3, -0.25) is 4.79 Å². The van der Waals surface area contributed by atoms with Gasteiger partial charge in [0.2, 0.25) is 5.43 Å². The van der Waals surface area contributed by atoms with Gasteiger partial charge in [0.05, 0.1) is 64.6 Å². The minimum absolute atomic E-state index is 0.0747. The molecule has 0 saturated heterocycles. The van der Waals surface area contributed by atoms with Gasteiger partial charge in [-0.1, -0.05) is 0 Å². The van der Waals surface area contributed by atoms with Crippen molar-refractivity contribution in [3.63, 3.8) is 0 Å². The maximum absolute atomic E-state index is 13.4. The maximum Gasteiger partial charge on any atom is 0.347 e. The summed E-state index contributed by atoms with van der Waals surface area (Å²) >= 11 is 0. The van der Waals surface area contributed by atoms with Crippen LogP contribution >= 0.6 is 0 Å². The lowest BCUT2D eigenvalue weighted by Gasteiger charge is -2.13. The molecular weight excluding hydrogens is 821 g/mol. The van der Waals surface area contributed by atoms with E-state index in [2.05, 4.69) is 0 Å². The fraction of sp³-hybridized carbons (Fsp3) is 0.128. The van der Waals surface area contributed by atoms with Crippen LogP contribution in [0.4, 0.5) is 0 Å². The molecule has 0 aliphatic rings. The Kier molecular flexibility index (Phi) is 12.4. The standard InChI is InChI=1S/C47H36O16/c1-53-35-23-41(57-5)39(55-3)21-33(35)46(51)59-27-11-7-25(8-12-27)44(49)61-29-15-17-31-37(19-29)63-38-20-30(16-18-32(38)43(31)48)62-45(50)26-9-13-28(14-10-26)60-47(52)34-22-40(56-4)42(58-6)24-36(34)54-2/h7-24H,1-6H3. The highest BCUT2D eigenvalue weighted by molar-refractivity contribution is 5.97. The average molecular weight is 857 g/mol. The van der Waals surface area contributed by atoms with E-state index >= 15 is 0 Å². The number of benzene rings is 6. The molecule has 63 heavy (non-hydrogen) atoms. The topological polar surface area (TPSA) is 191 Å². The molecule has 7 aromatic rings. The molecule has 0 bridgehead atoms. The second-order valence-electron chi connectivity index (χ2n) is 13.2. The third-order valence-corrected chi connectivity index (χ3v) is 9.49. The van der Waals surface area contributed by atoms with Crippen LogP contribution in [0.2, 0.25) is 0 Å². The molecule has 0 radical (unpaired) electrons. The summed E-state index contributed by atoms with van der Waals surface area (Å²) in [5, 5.41) is 0.435. The van der Waals surface area contributed by atoms with Crippen LogP contribution in [-0.2, 0) is 0 Å². The summed E-state index contributed by atoms with van der Waals surface area (Å²) in [7, 11) is 8.57. The first-order chi connectivity index (χ1) is 30.5. The monoisotopic (exact) mass is 856 g/mol. The number of fused-ring (bicyclic) bond motifs is 2. The Labute approximate surface area is 357 Å². The van der Waals surface area contributed by atoms with Gasteiger partial charge in [0.25, 0.3) is 0 Å². The largest absolute Gasteiger partial charge is 0.496 e. The first-order valence-corrected chi connectivity index (χ1v) is 18.7. The Balaban J connectivity index is 1.01. The summed E-state index contributed by atoms with van der Waals surface area (Å²) in [6, 6.07) is 25.8. The number of esters is 4. The molecule has 1 aromatic heterocycles. The van der Waals surface area contributed by atoms with Crippen LogP contribution in [0.15, 0.2) is 118 Å². The molecule has 0 atom stereocenters. The smallest absolute Gasteiger partial charge is 0.347 e. The molecule has 0 amide bonds. The zero-order chi connectivity index (χ0) is 44.8. The van der Waals surface area contributed by atoms with Crippen LogP contribution in [0.1, 0.15) is 41.4 Å². The molecule has 0 N–H and O–H groups in total. The van der Waals surface area contributed by atoms with Gasteiger partial charge in [-0.05, 0) is 72.8 Å². The predicted octanol–water partition coefficient (Wildman–Crippen LogP) is 7.87. The normalized spacial score (nSPS) is 10.7. The Hall–Kier alpha value is -8.53. The van der Waals surface area contributed by atoms with Crippen molar-refractivity contribution in [1.82, 2.24) is 0 Å². The van der Waals surface area contributed by atoms with E-state index in [4.69, 9.17) is 51.8 Å². The highest BCUT2D eigenvalue weighted by Crippen LogP contribution is 2.37. The molecule has 0 aliphatic carbocycles.